The molecular formula is C14H15Cl2NO3. The maximum Gasteiger partial charge on any atom is 0.314 e. The average molecular weight is 316 g/mol. The van der Waals surface area contributed by atoms with Gasteiger partial charge in [-0.15, -0.1) is 0 Å². The Balaban J connectivity index is 1.91. The van der Waals surface area contributed by atoms with Gasteiger partial charge in [0.1, 0.15) is 5.92 Å². The summed E-state index contributed by atoms with van der Waals surface area (Å²) in [6.45, 7) is 2.25. The third-order valence-corrected chi connectivity index (χ3v) is 3.82. The zero-order valence-corrected chi connectivity index (χ0v) is 12.5. The standard InChI is InChI=1S/C14H15Cl2NO3/c1-2-3-10-12(20-14(10)19)13(18)17-7-8-4-5-9(15)6-11(8)16/h4-6,10,12H,2-3,7H2,1H3,(H,17,18)/t10?,12-/m1/s1. The fourth-order valence-electron chi connectivity index (χ4n) is 2.11. The molecule has 1 aromatic carbocycles. The molecule has 0 saturated carbocycles. The van der Waals surface area contributed by atoms with Crippen molar-refractivity contribution in [2.24, 2.45) is 5.92 Å². The molecule has 1 unspecified atom stereocenters. The van der Waals surface area contributed by atoms with Gasteiger partial charge in [0.15, 0.2) is 6.10 Å². The third-order valence-electron chi connectivity index (χ3n) is 3.24. The summed E-state index contributed by atoms with van der Waals surface area (Å²) in [4.78, 5) is 23.2. The molecule has 1 fully saturated rings. The van der Waals surface area contributed by atoms with Crippen molar-refractivity contribution >= 4 is 35.1 Å². The summed E-state index contributed by atoms with van der Waals surface area (Å²) in [6, 6.07) is 5.08. The summed E-state index contributed by atoms with van der Waals surface area (Å²) in [5.41, 5.74) is 0.766. The van der Waals surface area contributed by atoms with Gasteiger partial charge in [0.25, 0.3) is 5.91 Å². The summed E-state index contributed by atoms with van der Waals surface area (Å²) in [5, 5.41) is 3.76. The van der Waals surface area contributed by atoms with E-state index in [9.17, 15) is 9.59 Å². The molecule has 2 atom stereocenters. The van der Waals surface area contributed by atoms with E-state index in [1.54, 1.807) is 18.2 Å². The predicted octanol–water partition coefficient (Wildman–Crippen LogP) is 2.95. The van der Waals surface area contributed by atoms with Crippen LogP contribution in [0.2, 0.25) is 10.0 Å². The molecule has 20 heavy (non-hydrogen) atoms. The van der Waals surface area contributed by atoms with Gasteiger partial charge in [-0.05, 0) is 24.1 Å². The van der Waals surface area contributed by atoms with E-state index >= 15 is 0 Å². The van der Waals surface area contributed by atoms with Crippen LogP contribution in [0, 0.1) is 5.92 Å². The van der Waals surface area contributed by atoms with Crippen molar-refractivity contribution < 1.29 is 14.3 Å². The number of ether oxygens (including phenoxy) is 1. The number of nitrogens with one attached hydrogen (secondary N) is 1. The number of cyclic esters (lactones) is 1. The second-order valence-corrected chi connectivity index (χ2v) is 5.55. The summed E-state index contributed by atoms with van der Waals surface area (Å²) in [7, 11) is 0. The maximum atomic E-state index is 12.0. The van der Waals surface area contributed by atoms with E-state index in [-0.39, 0.29) is 24.3 Å². The van der Waals surface area contributed by atoms with Gasteiger partial charge in [-0.2, -0.15) is 0 Å². The number of amides is 1. The van der Waals surface area contributed by atoms with Crippen LogP contribution in [0.1, 0.15) is 25.3 Å². The molecule has 1 aromatic rings. The van der Waals surface area contributed by atoms with E-state index in [1.807, 2.05) is 6.92 Å². The van der Waals surface area contributed by atoms with Gasteiger partial charge >= 0.3 is 5.97 Å². The van der Waals surface area contributed by atoms with E-state index in [2.05, 4.69) is 5.32 Å². The topological polar surface area (TPSA) is 55.4 Å². The molecule has 0 aromatic heterocycles. The van der Waals surface area contributed by atoms with Crippen LogP contribution in [0.25, 0.3) is 0 Å². The van der Waals surface area contributed by atoms with Gasteiger partial charge in [0.05, 0.1) is 0 Å². The highest BCUT2D eigenvalue weighted by molar-refractivity contribution is 6.35. The Kier molecular flexibility index (Phi) is 4.89. The zero-order valence-electron chi connectivity index (χ0n) is 11.0. The van der Waals surface area contributed by atoms with Crippen LogP contribution in [-0.2, 0) is 20.9 Å². The highest BCUT2D eigenvalue weighted by atomic mass is 35.5. The fraction of sp³-hybridized carbons (Fsp3) is 0.429. The molecule has 1 heterocycles. The smallest absolute Gasteiger partial charge is 0.314 e. The average Bonchev–Trinajstić information content (AvgIpc) is 2.41. The lowest BCUT2D eigenvalue weighted by Gasteiger charge is -2.33. The first-order valence-corrected chi connectivity index (χ1v) is 7.20. The van der Waals surface area contributed by atoms with Gasteiger partial charge in [-0.25, -0.2) is 0 Å². The van der Waals surface area contributed by atoms with E-state index < -0.39 is 6.10 Å². The van der Waals surface area contributed by atoms with E-state index in [0.717, 1.165) is 12.0 Å². The van der Waals surface area contributed by atoms with Crippen molar-refractivity contribution in [3.05, 3.63) is 33.8 Å². The van der Waals surface area contributed by atoms with E-state index in [1.165, 1.54) is 0 Å². The second kappa shape index (κ2) is 6.46. The molecule has 2 rings (SSSR count). The minimum Gasteiger partial charge on any atom is -0.451 e. The minimum absolute atomic E-state index is 0.279. The Labute approximate surface area is 127 Å². The fourth-order valence-corrected chi connectivity index (χ4v) is 2.59. The molecule has 0 bridgehead atoms. The Hall–Kier alpha value is -1.26. The van der Waals surface area contributed by atoms with Crippen molar-refractivity contribution in [3.8, 4) is 0 Å². The Morgan fingerprint density at radius 3 is 2.75 bits per heavy atom. The third kappa shape index (κ3) is 3.25. The molecule has 1 aliphatic rings. The molecule has 1 amide bonds. The molecule has 0 radical (unpaired) electrons. The molecule has 0 spiro atoms. The Morgan fingerprint density at radius 2 is 2.15 bits per heavy atom. The van der Waals surface area contributed by atoms with Crippen LogP contribution in [0.15, 0.2) is 18.2 Å². The number of carbonyl (C=O) groups excluding carboxylic acids is 2. The van der Waals surface area contributed by atoms with Crippen molar-refractivity contribution in [3.63, 3.8) is 0 Å². The van der Waals surface area contributed by atoms with Crippen molar-refractivity contribution in [1.29, 1.82) is 0 Å². The van der Waals surface area contributed by atoms with Gasteiger partial charge in [-0.3, -0.25) is 9.59 Å². The summed E-state index contributed by atoms with van der Waals surface area (Å²) >= 11 is 11.8. The van der Waals surface area contributed by atoms with Crippen LogP contribution in [0.3, 0.4) is 0 Å². The molecule has 0 aliphatic carbocycles. The number of hydrogen-bond donors (Lipinski definition) is 1. The van der Waals surface area contributed by atoms with Crippen LogP contribution >= 0.6 is 23.2 Å². The Morgan fingerprint density at radius 1 is 1.40 bits per heavy atom. The van der Waals surface area contributed by atoms with Crippen LogP contribution in [-0.4, -0.2) is 18.0 Å². The molecular weight excluding hydrogens is 301 g/mol. The van der Waals surface area contributed by atoms with Crippen LogP contribution in [0.4, 0.5) is 0 Å². The highest BCUT2D eigenvalue weighted by Gasteiger charge is 2.46. The first-order chi connectivity index (χ1) is 9.52. The molecule has 108 valence electrons. The van der Waals surface area contributed by atoms with Crippen LogP contribution in [0.5, 0.6) is 0 Å². The first-order valence-electron chi connectivity index (χ1n) is 6.45. The number of halogens is 2. The largest absolute Gasteiger partial charge is 0.451 e. The maximum absolute atomic E-state index is 12.0. The molecule has 1 saturated heterocycles. The first kappa shape index (κ1) is 15.1. The van der Waals surface area contributed by atoms with Gasteiger partial charge < -0.3 is 10.1 Å². The zero-order chi connectivity index (χ0) is 14.7. The lowest BCUT2D eigenvalue weighted by Crippen LogP contribution is -2.53. The summed E-state index contributed by atoms with van der Waals surface area (Å²) in [5.74, 6) is -0.897. The monoisotopic (exact) mass is 315 g/mol. The lowest BCUT2D eigenvalue weighted by atomic mass is 9.91. The minimum atomic E-state index is -0.673. The van der Waals surface area contributed by atoms with Crippen molar-refractivity contribution in [2.45, 2.75) is 32.4 Å². The van der Waals surface area contributed by atoms with Gasteiger partial charge in [0.2, 0.25) is 0 Å². The predicted molar refractivity (Wildman–Crippen MR) is 76.6 cm³/mol. The molecule has 6 heteroatoms. The van der Waals surface area contributed by atoms with Gasteiger partial charge in [0, 0.05) is 16.6 Å². The molecule has 1 aliphatic heterocycles. The van der Waals surface area contributed by atoms with E-state index in [0.29, 0.717) is 16.5 Å². The molecule has 4 nitrogen and oxygen atoms in total. The SMILES string of the molecule is CCCC1C(=O)O[C@H]1C(=O)NCc1ccc(Cl)cc1Cl. The summed E-state index contributed by atoms with van der Waals surface area (Å²) in [6.07, 6.45) is 0.832. The lowest BCUT2D eigenvalue weighted by molar-refractivity contribution is -0.189. The number of carbonyl (C=O) groups is 2. The van der Waals surface area contributed by atoms with Crippen molar-refractivity contribution in [1.82, 2.24) is 5.32 Å². The number of hydrogen-bond acceptors (Lipinski definition) is 3. The van der Waals surface area contributed by atoms with Gasteiger partial charge in [-0.1, -0.05) is 42.6 Å². The van der Waals surface area contributed by atoms with Crippen molar-refractivity contribution in [2.75, 3.05) is 0 Å². The quantitative estimate of drug-likeness (QED) is 0.850. The number of esters is 1. The molecule has 1 N–H and O–H groups in total. The second-order valence-electron chi connectivity index (χ2n) is 4.71. The number of rotatable bonds is 5. The Bertz CT molecular complexity index is 533. The van der Waals surface area contributed by atoms with Crippen LogP contribution < -0.4 is 5.32 Å². The summed E-state index contributed by atoms with van der Waals surface area (Å²) < 4.78 is 4.90. The van der Waals surface area contributed by atoms with E-state index in [4.69, 9.17) is 27.9 Å². The highest BCUT2D eigenvalue weighted by Crippen LogP contribution is 2.27. The normalized spacial score (nSPS) is 21.1. The number of benzene rings is 1.